The summed E-state index contributed by atoms with van der Waals surface area (Å²) in [7, 11) is 3.44. The third kappa shape index (κ3) is 5.18. The average molecular weight is 332 g/mol. The fraction of sp³-hybridized carbons (Fsp3) is 0.474. The third-order valence-corrected chi connectivity index (χ3v) is 4.55. The van der Waals surface area contributed by atoms with Crippen LogP contribution in [0.1, 0.15) is 37.7 Å². The lowest BCUT2D eigenvalue weighted by atomic mass is 9.94. The molecule has 1 aromatic carbocycles. The first-order valence-electron chi connectivity index (χ1n) is 8.42. The summed E-state index contributed by atoms with van der Waals surface area (Å²) in [5.74, 6) is -0.593. The Balaban J connectivity index is 1.85. The zero-order valence-electron chi connectivity index (χ0n) is 14.4. The number of carbonyl (C=O) groups is 2. The Morgan fingerprint density at radius 3 is 2.38 bits per heavy atom. The normalized spacial score (nSPS) is 15.5. The molecule has 0 unspecified atom stereocenters. The van der Waals surface area contributed by atoms with Crippen molar-refractivity contribution in [3.8, 4) is 0 Å². The summed E-state index contributed by atoms with van der Waals surface area (Å²) in [6, 6.07) is 6.18. The summed E-state index contributed by atoms with van der Waals surface area (Å²) in [6.07, 6.45) is 8.68. The van der Waals surface area contributed by atoms with E-state index in [2.05, 4.69) is 0 Å². The van der Waals surface area contributed by atoms with Gasteiger partial charge in [0.25, 0.3) is 0 Å². The van der Waals surface area contributed by atoms with E-state index in [9.17, 15) is 14.0 Å². The van der Waals surface area contributed by atoms with Crippen LogP contribution in [0.25, 0.3) is 6.08 Å². The standard InChI is InChI=1S/C19H25FN2O2/c1-21(14-19(24)22(2)17-6-4-3-5-7-17)18(23)13-10-15-8-11-16(20)12-9-15/h8-13,17H,3-7,14H2,1-2H3. The molecule has 1 fully saturated rings. The van der Waals surface area contributed by atoms with Gasteiger partial charge in [-0.25, -0.2) is 4.39 Å². The van der Waals surface area contributed by atoms with Crippen LogP contribution >= 0.6 is 0 Å². The van der Waals surface area contributed by atoms with Crippen molar-refractivity contribution >= 4 is 17.9 Å². The molecule has 0 aliphatic heterocycles. The van der Waals surface area contributed by atoms with Gasteiger partial charge >= 0.3 is 0 Å². The molecule has 1 aromatic rings. The highest BCUT2D eigenvalue weighted by atomic mass is 19.1. The van der Waals surface area contributed by atoms with Crippen molar-refractivity contribution in [2.75, 3.05) is 20.6 Å². The molecule has 130 valence electrons. The molecule has 2 rings (SSSR count). The minimum absolute atomic E-state index is 0.0343. The Hall–Kier alpha value is -2.17. The summed E-state index contributed by atoms with van der Waals surface area (Å²) in [6.45, 7) is 0.0690. The highest BCUT2D eigenvalue weighted by molar-refractivity contribution is 5.94. The lowest BCUT2D eigenvalue weighted by Crippen LogP contribution is -2.44. The maximum absolute atomic E-state index is 12.8. The predicted molar refractivity (Wildman–Crippen MR) is 92.7 cm³/mol. The topological polar surface area (TPSA) is 40.6 Å². The van der Waals surface area contributed by atoms with Crippen LogP contribution in [-0.4, -0.2) is 48.3 Å². The zero-order valence-corrected chi connectivity index (χ0v) is 14.4. The van der Waals surface area contributed by atoms with Gasteiger partial charge < -0.3 is 9.80 Å². The van der Waals surface area contributed by atoms with E-state index < -0.39 is 0 Å². The van der Waals surface area contributed by atoms with Crippen LogP contribution in [0.15, 0.2) is 30.3 Å². The summed E-state index contributed by atoms with van der Waals surface area (Å²) in [5, 5.41) is 0. The van der Waals surface area contributed by atoms with Crippen LogP contribution in [0, 0.1) is 5.82 Å². The Morgan fingerprint density at radius 2 is 1.75 bits per heavy atom. The SMILES string of the molecule is CN(CC(=O)N(C)C1CCCCC1)C(=O)C=Cc1ccc(F)cc1. The minimum atomic E-state index is -0.313. The maximum atomic E-state index is 12.8. The highest BCUT2D eigenvalue weighted by Gasteiger charge is 2.23. The lowest BCUT2D eigenvalue weighted by Gasteiger charge is -2.32. The number of amides is 2. The smallest absolute Gasteiger partial charge is 0.246 e. The second-order valence-electron chi connectivity index (χ2n) is 6.38. The van der Waals surface area contributed by atoms with Gasteiger partial charge in [-0.2, -0.15) is 0 Å². The number of likely N-dealkylation sites (N-methyl/N-ethyl adjacent to an activating group) is 2. The molecule has 0 spiro atoms. The summed E-state index contributed by atoms with van der Waals surface area (Å²) in [4.78, 5) is 27.6. The molecule has 0 heterocycles. The summed E-state index contributed by atoms with van der Waals surface area (Å²) >= 11 is 0. The maximum Gasteiger partial charge on any atom is 0.246 e. The molecule has 1 aliphatic rings. The molecule has 4 nitrogen and oxygen atoms in total. The lowest BCUT2D eigenvalue weighted by molar-refractivity contribution is -0.138. The van der Waals surface area contributed by atoms with Gasteiger partial charge in [0.1, 0.15) is 5.82 Å². The van der Waals surface area contributed by atoms with E-state index in [1.165, 1.54) is 29.5 Å². The van der Waals surface area contributed by atoms with Crippen LogP contribution in [0.4, 0.5) is 4.39 Å². The second-order valence-corrected chi connectivity index (χ2v) is 6.38. The van der Waals surface area contributed by atoms with Crippen LogP contribution in [0.2, 0.25) is 0 Å². The molecule has 1 aliphatic carbocycles. The second kappa shape index (κ2) is 8.62. The van der Waals surface area contributed by atoms with E-state index in [4.69, 9.17) is 0 Å². The van der Waals surface area contributed by atoms with Gasteiger partial charge in [-0.1, -0.05) is 31.4 Å². The fourth-order valence-corrected chi connectivity index (χ4v) is 2.93. The Bertz CT molecular complexity index is 592. The van der Waals surface area contributed by atoms with Crippen LogP contribution < -0.4 is 0 Å². The quantitative estimate of drug-likeness (QED) is 0.778. The van der Waals surface area contributed by atoms with Crippen molar-refractivity contribution in [3.05, 3.63) is 41.7 Å². The molecule has 0 atom stereocenters. The van der Waals surface area contributed by atoms with E-state index in [1.807, 2.05) is 7.05 Å². The molecule has 2 amide bonds. The van der Waals surface area contributed by atoms with E-state index in [0.29, 0.717) is 6.04 Å². The van der Waals surface area contributed by atoms with Crippen LogP contribution in [0.5, 0.6) is 0 Å². The van der Waals surface area contributed by atoms with E-state index in [-0.39, 0.29) is 24.2 Å². The molecule has 0 radical (unpaired) electrons. The molecule has 0 N–H and O–H groups in total. The number of benzene rings is 1. The van der Waals surface area contributed by atoms with E-state index in [0.717, 1.165) is 31.2 Å². The molecule has 1 saturated carbocycles. The Labute approximate surface area is 142 Å². The third-order valence-electron chi connectivity index (χ3n) is 4.55. The van der Waals surface area contributed by atoms with Gasteiger partial charge in [0.2, 0.25) is 11.8 Å². The molecule has 0 saturated heterocycles. The monoisotopic (exact) mass is 332 g/mol. The number of halogens is 1. The predicted octanol–water partition coefficient (Wildman–Crippen LogP) is 3.09. The Kier molecular flexibility index (Phi) is 6.53. The van der Waals surface area contributed by atoms with Gasteiger partial charge in [-0.05, 0) is 36.6 Å². The number of carbonyl (C=O) groups excluding carboxylic acids is 2. The summed E-state index contributed by atoms with van der Waals surface area (Å²) < 4.78 is 12.8. The molecule has 24 heavy (non-hydrogen) atoms. The first-order valence-corrected chi connectivity index (χ1v) is 8.42. The highest BCUT2D eigenvalue weighted by Crippen LogP contribution is 2.21. The number of hydrogen-bond acceptors (Lipinski definition) is 2. The van der Waals surface area contributed by atoms with Crippen molar-refractivity contribution in [1.29, 1.82) is 0 Å². The van der Waals surface area contributed by atoms with Gasteiger partial charge in [0.05, 0.1) is 6.54 Å². The molecular weight excluding hydrogens is 307 g/mol. The minimum Gasteiger partial charge on any atom is -0.341 e. The molecule has 0 aromatic heterocycles. The van der Waals surface area contributed by atoms with Gasteiger partial charge in [-0.15, -0.1) is 0 Å². The molecular formula is C19H25FN2O2. The van der Waals surface area contributed by atoms with Crippen LogP contribution in [0.3, 0.4) is 0 Å². The van der Waals surface area contributed by atoms with Gasteiger partial charge in [-0.3, -0.25) is 9.59 Å². The molecule has 5 heteroatoms. The number of rotatable bonds is 5. The number of hydrogen-bond donors (Lipinski definition) is 0. The Morgan fingerprint density at radius 1 is 1.12 bits per heavy atom. The van der Waals surface area contributed by atoms with Crippen molar-refractivity contribution < 1.29 is 14.0 Å². The van der Waals surface area contributed by atoms with Gasteiger partial charge in [0.15, 0.2) is 0 Å². The first-order chi connectivity index (χ1) is 11.5. The van der Waals surface area contributed by atoms with E-state index in [1.54, 1.807) is 30.2 Å². The van der Waals surface area contributed by atoms with E-state index >= 15 is 0 Å². The average Bonchev–Trinajstić information content (AvgIpc) is 2.60. The summed E-state index contributed by atoms with van der Waals surface area (Å²) in [5.41, 5.74) is 0.740. The van der Waals surface area contributed by atoms with Crippen LogP contribution in [-0.2, 0) is 9.59 Å². The number of nitrogens with zero attached hydrogens (tertiary/aromatic N) is 2. The fourth-order valence-electron chi connectivity index (χ4n) is 2.93. The largest absolute Gasteiger partial charge is 0.341 e. The van der Waals surface area contributed by atoms with Crippen molar-refractivity contribution in [1.82, 2.24) is 9.80 Å². The van der Waals surface area contributed by atoms with Gasteiger partial charge in [0, 0.05) is 26.2 Å². The zero-order chi connectivity index (χ0) is 17.5. The van der Waals surface area contributed by atoms with Crippen molar-refractivity contribution in [2.45, 2.75) is 38.1 Å². The van der Waals surface area contributed by atoms with Crippen molar-refractivity contribution in [3.63, 3.8) is 0 Å². The molecule has 0 bridgehead atoms. The van der Waals surface area contributed by atoms with Crippen molar-refractivity contribution in [2.24, 2.45) is 0 Å². The first kappa shape index (κ1) is 18.2.